The number of aryl methyl sites for hydroxylation is 2. The Morgan fingerprint density at radius 3 is 2.37 bits per heavy atom. The molecule has 0 fully saturated rings. The average molecular weight is 268 g/mol. The fourth-order valence-electron chi connectivity index (χ4n) is 1.74. The van der Waals surface area contributed by atoms with Crippen LogP contribution in [0.25, 0.3) is 0 Å². The molecule has 1 aromatic rings. The maximum atomic E-state index is 11.9. The second kappa shape index (κ2) is 5.66. The molecule has 0 radical (unpaired) electrons. The van der Waals surface area contributed by atoms with E-state index in [2.05, 4.69) is 10.3 Å². The summed E-state index contributed by atoms with van der Waals surface area (Å²) in [4.78, 5) is 36.9. The van der Waals surface area contributed by atoms with Crippen LogP contribution < -0.4 is 10.9 Å². The molecule has 0 aliphatic heterocycles. The van der Waals surface area contributed by atoms with E-state index in [0.717, 1.165) is 0 Å². The number of amides is 1. The summed E-state index contributed by atoms with van der Waals surface area (Å²) < 4.78 is 0. The number of hydrogen-bond acceptors (Lipinski definition) is 4. The number of nitrogens with one attached hydrogen (secondary N) is 2. The van der Waals surface area contributed by atoms with Crippen molar-refractivity contribution < 1.29 is 19.8 Å². The Hall–Kier alpha value is -2.15. The lowest BCUT2D eigenvalue weighted by atomic mass is 10.1. The summed E-state index contributed by atoms with van der Waals surface area (Å²) in [5, 5.41) is 20.3. The largest absolute Gasteiger partial charge is 0.480 e. The van der Waals surface area contributed by atoms with E-state index in [1.807, 2.05) is 0 Å². The monoisotopic (exact) mass is 268 g/mol. The predicted molar refractivity (Wildman–Crippen MR) is 67.1 cm³/mol. The van der Waals surface area contributed by atoms with Gasteiger partial charge in [-0.2, -0.15) is 0 Å². The molecule has 0 aromatic carbocycles. The molecule has 1 amide bonds. The number of aromatic amines is 1. The molecule has 0 aliphatic carbocycles. The van der Waals surface area contributed by atoms with Crippen molar-refractivity contribution in [1.82, 2.24) is 10.3 Å². The number of aliphatic carboxylic acids is 1. The minimum atomic E-state index is -1.47. The molecule has 0 unspecified atom stereocenters. The Labute approximate surface area is 109 Å². The Morgan fingerprint density at radius 2 is 1.95 bits per heavy atom. The zero-order valence-electron chi connectivity index (χ0n) is 10.9. The second-order valence-corrected chi connectivity index (χ2v) is 4.37. The molecule has 0 spiro atoms. The van der Waals surface area contributed by atoms with Gasteiger partial charge in [0, 0.05) is 5.69 Å². The van der Waals surface area contributed by atoms with E-state index in [0.29, 0.717) is 11.3 Å². The number of rotatable bonds is 4. The molecule has 4 N–H and O–H groups in total. The lowest BCUT2D eigenvalue weighted by Gasteiger charge is -2.17. The molecule has 0 aliphatic rings. The fraction of sp³-hybridized carbons (Fsp3) is 0.417. The molecular weight excluding hydrogens is 252 g/mol. The summed E-state index contributed by atoms with van der Waals surface area (Å²) in [5.74, 6) is -2.20. The molecule has 0 saturated carbocycles. The third-order valence-corrected chi connectivity index (χ3v) is 2.63. The summed E-state index contributed by atoms with van der Waals surface area (Å²) in [5.41, 5.74) is 0.292. The summed E-state index contributed by atoms with van der Waals surface area (Å²) in [6, 6.07) is 0.140. The van der Waals surface area contributed by atoms with Gasteiger partial charge in [-0.15, -0.1) is 0 Å². The first kappa shape index (κ1) is 14.9. The Bertz CT molecular complexity index is 562. The first-order valence-electron chi connectivity index (χ1n) is 5.66. The third-order valence-electron chi connectivity index (χ3n) is 2.63. The van der Waals surface area contributed by atoms with Crippen molar-refractivity contribution in [2.24, 2.45) is 0 Å². The number of aliphatic hydroxyl groups excluding tert-OH is 1. The van der Waals surface area contributed by atoms with Gasteiger partial charge in [-0.25, -0.2) is 4.79 Å². The SMILES string of the molecule is Cc1cc(C)c(C(=O)N[C@H](C(=O)O)[C@@H](C)O)c(=O)[nH]1. The van der Waals surface area contributed by atoms with Crippen molar-refractivity contribution in [3.05, 3.63) is 33.2 Å². The van der Waals surface area contributed by atoms with Crippen LogP contribution in [0.2, 0.25) is 0 Å². The minimum absolute atomic E-state index is 0.155. The van der Waals surface area contributed by atoms with Crippen LogP contribution >= 0.6 is 0 Å². The minimum Gasteiger partial charge on any atom is -0.480 e. The highest BCUT2D eigenvalue weighted by molar-refractivity contribution is 5.97. The number of carbonyl (C=O) groups excluding carboxylic acids is 1. The van der Waals surface area contributed by atoms with E-state index in [9.17, 15) is 19.5 Å². The van der Waals surface area contributed by atoms with E-state index in [1.54, 1.807) is 19.9 Å². The van der Waals surface area contributed by atoms with Crippen LogP contribution in [0.3, 0.4) is 0 Å². The van der Waals surface area contributed by atoms with Crippen molar-refractivity contribution >= 4 is 11.9 Å². The number of carbonyl (C=O) groups is 2. The maximum absolute atomic E-state index is 11.9. The summed E-state index contributed by atoms with van der Waals surface area (Å²) in [6.45, 7) is 4.49. The highest BCUT2D eigenvalue weighted by Gasteiger charge is 2.27. The van der Waals surface area contributed by atoms with E-state index in [1.165, 1.54) is 6.92 Å². The first-order valence-corrected chi connectivity index (χ1v) is 5.66. The Morgan fingerprint density at radius 1 is 1.37 bits per heavy atom. The average Bonchev–Trinajstić information content (AvgIpc) is 2.23. The number of carboxylic acid groups (broad SMARTS) is 1. The predicted octanol–water partition coefficient (Wildman–Crippen LogP) is -0.444. The van der Waals surface area contributed by atoms with Gasteiger partial charge < -0.3 is 20.5 Å². The van der Waals surface area contributed by atoms with Crippen LogP contribution in [0.15, 0.2) is 10.9 Å². The Kier molecular flexibility index (Phi) is 4.44. The molecule has 1 aromatic heterocycles. The molecule has 0 bridgehead atoms. The third kappa shape index (κ3) is 3.41. The zero-order chi connectivity index (χ0) is 14.7. The van der Waals surface area contributed by atoms with Crippen molar-refractivity contribution in [2.45, 2.75) is 32.9 Å². The van der Waals surface area contributed by atoms with Gasteiger partial charge in [0.05, 0.1) is 6.10 Å². The highest BCUT2D eigenvalue weighted by Crippen LogP contribution is 2.04. The van der Waals surface area contributed by atoms with Crippen LogP contribution in [0.1, 0.15) is 28.5 Å². The number of aromatic nitrogens is 1. The maximum Gasteiger partial charge on any atom is 0.328 e. The molecule has 7 heteroatoms. The lowest BCUT2D eigenvalue weighted by molar-refractivity contribution is -0.141. The second-order valence-electron chi connectivity index (χ2n) is 4.37. The number of pyridine rings is 1. The summed E-state index contributed by atoms with van der Waals surface area (Å²) in [6.07, 6.45) is -1.27. The standard InChI is InChI=1S/C12H16N2O5/c1-5-4-6(2)13-10(16)8(5)11(17)14-9(7(3)15)12(18)19/h4,7,9,15H,1-3H3,(H,13,16)(H,14,17)(H,18,19)/t7-,9+/m1/s1. The van der Waals surface area contributed by atoms with E-state index in [-0.39, 0.29) is 5.56 Å². The Balaban J connectivity index is 3.08. The summed E-state index contributed by atoms with van der Waals surface area (Å²) in [7, 11) is 0. The van der Waals surface area contributed by atoms with Crippen LogP contribution in [-0.4, -0.2) is 39.2 Å². The molecule has 19 heavy (non-hydrogen) atoms. The van der Waals surface area contributed by atoms with Crippen molar-refractivity contribution in [3.63, 3.8) is 0 Å². The van der Waals surface area contributed by atoms with Crippen molar-refractivity contribution in [3.8, 4) is 0 Å². The molecule has 104 valence electrons. The lowest BCUT2D eigenvalue weighted by Crippen LogP contribution is -2.48. The zero-order valence-corrected chi connectivity index (χ0v) is 10.9. The van der Waals surface area contributed by atoms with Crippen LogP contribution in [0.5, 0.6) is 0 Å². The van der Waals surface area contributed by atoms with Crippen molar-refractivity contribution in [2.75, 3.05) is 0 Å². The van der Waals surface area contributed by atoms with Gasteiger partial charge >= 0.3 is 5.97 Å². The first-order chi connectivity index (χ1) is 8.73. The van der Waals surface area contributed by atoms with Gasteiger partial charge in [0.2, 0.25) is 0 Å². The van der Waals surface area contributed by atoms with Crippen molar-refractivity contribution in [1.29, 1.82) is 0 Å². The molecule has 1 heterocycles. The van der Waals surface area contributed by atoms with Gasteiger partial charge in [0.15, 0.2) is 6.04 Å². The van der Waals surface area contributed by atoms with E-state index in [4.69, 9.17) is 5.11 Å². The van der Waals surface area contributed by atoms with Gasteiger partial charge in [0.1, 0.15) is 5.56 Å². The van der Waals surface area contributed by atoms with E-state index >= 15 is 0 Å². The number of aliphatic hydroxyl groups is 1. The number of carboxylic acids is 1. The molecular formula is C12H16N2O5. The van der Waals surface area contributed by atoms with Crippen LogP contribution in [0.4, 0.5) is 0 Å². The quantitative estimate of drug-likeness (QED) is 0.590. The normalized spacial score (nSPS) is 13.7. The molecule has 7 nitrogen and oxygen atoms in total. The molecule has 2 atom stereocenters. The van der Waals surface area contributed by atoms with Gasteiger partial charge in [0.25, 0.3) is 11.5 Å². The van der Waals surface area contributed by atoms with Gasteiger partial charge in [-0.1, -0.05) is 0 Å². The number of hydrogen-bond donors (Lipinski definition) is 4. The van der Waals surface area contributed by atoms with Crippen LogP contribution in [-0.2, 0) is 4.79 Å². The molecule has 1 rings (SSSR count). The fourth-order valence-corrected chi connectivity index (χ4v) is 1.74. The molecule has 0 saturated heterocycles. The smallest absolute Gasteiger partial charge is 0.328 e. The van der Waals surface area contributed by atoms with E-state index < -0.39 is 29.6 Å². The van der Waals surface area contributed by atoms with Gasteiger partial charge in [-0.05, 0) is 32.4 Å². The number of H-pyrrole nitrogens is 1. The highest BCUT2D eigenvalue weighted by atomic mass is 16.4. The van der Waals surface area contributed by atoms with Crippen LogP contribution in [0, 0.1) is 13.8 Å². The topological polar surface area (TPSA) is 119 Å². The van der Waals surface area contributed by atoms with Gasteiger partial charge in [-0.3, -0.25) is 9.59 Å². The summed E-state index contributed by atoms with van der Waals surface area (Å²) >= 11 is 0.